The number of halogens is 4. The first-order chi connectivity index (χ1) is 9.13. The molecule has 1 amide bonds. The summed E-state index contributed by atoms with van der Waals surface area (Å²) in [5.41, 5.74) is -1.54. The van der Waals surface area contributed by atoms with Crippen LogP contribution in [0.1, 0.15) is 31.4 Å². The van der Waals surface area contributed by atoms with Gasteiger partial charge in [-0.15, -0.1) is 0 Å². The lowest BCUT2D eigenvalue weighted by atomic mass is 10.1. The Balaban J connectivity index is 2.06. The van der Waals surface area contributed by atoms with Crippen LogP contribution in [0.4, 0.5) is 17.6 Å². The number of hydrogen-bond donors (Lipinski definition) is 1. The highest BCUT2D eigenvalue weighted by atomic mass is 19.4. The summed E-state index contributed by atoms with van der Waals surface area (Å²) in [5, 5.41) is 2.49. The van der Waals surface area contributed by atoms with Gasteiger partial charge in [0.2, 0.25) is 5.91 Å². The van der Waals surface area contributed by atoms with Crippen LogP contribution in [0, 0.1) is 17.2 Å². The average molecular weight is 289 g/mol. The van der Waals surface area contributed by atoms with E-state index in [4.69, 9.17) is 0 Å². The Morgan fingerprint density at radius 3 is 2.50 bits per heavy atom. The normalized spacial score (nSPS) is 20.6. The SMILES string of the molecule is CC1(C)CC1C(=O)NCc1cccc(C(F)(F)F)c1F. The van der Waals surface area contributed by atoms with Gasteiger partial charge in [-0.2, -0.15) is 13.2 Å². The molecule has 1 aliphatic carbocycles. The second-order valence-electron chi connectivity index (χ2n) is 5.74. The topological polar surface area (TPSA) is 29.1 Å². The predicted octanol–water partition coefficient (Wildman–Crippen LogP) is 3.51. The first-order valence-electron chi connectivity index (χ1n) is 6.25. The summed E-state index contributed by atoms with van der Waals surface area (Å²) < 4.78 is 51.3. The van der Waals surface area contributed by atoms with Crippen molar-refractivity contribution in [3.05, 3.63) is 35.1 Å². The van der Waals surface area contributed by atoms with Gasteiger partial charge in [0.1, 0.15) is 5.82 Å². The van der Waals surface area contributed by atoms with Crippen LogP contribution in [0.2, 0.25) is 0 Å². The number of amides is 1. The van der Waals surface area contributed by atoms with Crippen LogP contribution < -0.4 is 5.32 Å². The predicted molar refractivity (Wildman–Crippen MR) is 65.1 cm³/mol. The van der Waals surface area contributed by atoms with E-state index in [1.54, 1.807) is 0 Å². The van der Waals surface area contributed by atoms with Crippen molar-refractivity contribution in [3.8, 4) is 0 Å². The van der Waals surface area contributed by atoms with Crippen molar-refractivity contribution >= 4 is 5.91 Å². The summed E-state index contributed by atoms with van der Waals surface area (Å²) in [4.78, 5) is 11.7. The Hall–Kier alpha value is -1.59. The Labute approximate surface area is 114 Å². The molecule has 6 heteroatoms. The largest absolute Gasteiger partial charge is 0.419 e. The molecule has 1 saturated carbocycles. The zero-order valence-corrected chi connectivity index (χ0v) is 11.1. The second-order valence-corrected chi connectivity index (χ2v) is 5.74. The number of alkyl halides is 3. The van der Waals surface area contributed by atoms with Gasteiger partial charge in [-0.25, -0.2) is 4.39 Å². The fourth-order valence-corrected chi connectivity index (χ4v) is 2.16. The summed E-state index contributed by atoms with van der Waals surface area (Å²) in [5.74, 6) is -1.71. The Morgan fingerprint density at radius 1 is 1.40 bits per heavy atom. The zero-order chi connectivity index (χ0) is 15.1. The molecule has 110 valence electrons. The molecule has 2 nitrogen and oxygen atoms in total. The Kier molecular flexibility index (Phi) is 3.52. The van der Waals surface area contributed by atoms with Crippen LogP contribution in [0.5, 0.6) is 0 Å². The molecule has 0 bridgehead atoms. The van der Waals surface area contributed by atoms with Gasteiger partial charge >= 0.3 is 6.18 Å². The van der Waals surface area contributed by atoms with Crippen molar-refractivity contribution < 1.29 is 22.4 Å². The number of nitrogens with one attached hydrogen (secondary N) is 1. The quantitative estimate of drug-likeness (QED) is 0.848. The van der Waals surface area contributed by atoms with E-state index in [0.717, 1.165) is 12.5 Å². The molecule has 2 rings (SSSR count). The third-order valence-corrected chi connectivity index (χ3v) is 3.67. The highest BCUT2D eigenvalue weighted by Gasteiger charge is 2.50. The Morgan fingerprint density at radius 2 is 2.00 bits per heavy atom. The number of hydrogen-bond acceptors (Lipinski definition) is 1. The van der Waals surface area contributed by atoms with E-state index in [1.807, 2.05) is 13.8 Å². The molecule has 0 heterocycles. The maximum atomic E-state index is 13.7. The van der Waals surface area contributed by atoms with E-state index in [2.05, 4.69) is 5.32 Å². The molecular weight excluding hydrogens is 274 g/mol. The van der Waals surface area contributed by atoms with Crippen molar-refractivity contribution in [2.24, 2.45) is 11.3 Å². The minimum absolute atomic E-state index is 0.0730. The smallest absolute Gasteiger partial charge is 0.352 e. The first kappa shape index (κ1) is 14.8. The second kappa shape index (κ2) is 4.75. The zero-order valence-electron chi connectivity index (χ0n) is 11.1. The molecule has 0 aliphatic heterocycles. The lowest BCUT2D eigenvalue weighted by Gasteiger charge is -2.12. The molecule has 0 spiro atoms. The van der Waals surface area contributed by atoms with E-state index >= 15 is 0 Å². The van der Waals surface area contributed by atoms with Crippen LogP contribution in [0.3, 0.4) is 0 Å². The number of carbonyl (C=O) groups is 1. The van der Waals surface area contributed by atoms with E-state index in [0.29, 0.717) is 6.07 Å². The van der Waals surface area contributed by atoms with Crippen molar-refractivity contribution in [1.82, 2.24) is 5.32 Å². The van der Waals surface area contributed by atoms with Crippen LogP contribution in [0.15, 0.2) is 18.2 Å². The fraction of sp³-hybridized carbons (Fsp3) is 0.500. The lowest BCUT2D eigenvalue weighted by Crippen LogP contribution is -2.26. The van der Waals surface area contributed by atoms with E-state index in [-0.39, 0.29) is 29.3 Å². The van der Waals surface area contributed by atoms with Gasteiger partial charge in [0, 0.05) is 18.0 Å². The molecule has 20 heavy (non-hydrogen) atoms. The summed E-state index contributed by atoms with van der Waals surface area (Å²) >= 11 is 0. The van der Waals surface area contributed by atoms with Gasteiger partial charge in [0.15, 0.2) is 0 Å². The minimum Gasteiger partial charge on any atom is -0.352 e. The monoisotopic (exact) mass is 289 g/mol. The fourth-order valence-electron chi connectivity index (χ4n) is 2.16. The Bertz CT molecular complexity index is 536. The lowest BCUT2D eigenvalue weighted by molar-refractivity contribution is -0.140. The highest BCUT2D eigenvalue weighted by Crippen LogP contribution is 2.51. The van der Waals surface area contributed by atoms with Crippen molar-refractivity contribution in [3.63, 3.8) is 0 Å². The molecule has 1 aromatic carbocycles. The third-order valence-electron chi connectivity index (χ3n) is 3.67. The van der Waals surface area contributed by atoms with Crippen LogP contribution in [0.25, 0.3) is 0 Å². The maximum Gasteiger partial charge on any atom is 0.419 e. The maximum absolute atomic E-state index is 13.7. The number of carbonyl (C=O) groups excluding carboxylic acids is 1. The molecule has 0 saturated heterocycles. The van der Waals surface area contributed by atoms with Crippen molar-refractivity contribution in [1.29, 1.82) is 0 Å². The van der Waals surface area contributed by atoms with Crippen LogP contribution >= 0.6 is 0 Å². The molecular formula is C14H15F4NO. The molecule has 1 atom stereocenters. The van der Waals surface area contributed by atoms with E-state index in [1.165, 1.54) is 6.07 Å². The van der Waals surface area contributed by atoms with Crippen molar-refractivity contribution in [2.75, 3.05) is 0 Å². The van der Waals surface area contributed by atoms with Gasteiger partial charge < -0.3 is 5.32 Å². The summed E-state index contributed by atoms with van der Waals surface area (Å²) in [6.07, 6.45) is -3.99. The average Bonchev–Trinajstić information content (AvgIpc) is 2.95. The van der Waals surface area contributed by atoms with Gasteiger partial charge in [-0.3, -0.25) is 4.79 Å². The molecule has 1 aliphatic rings. The summed E-state index contributed by atoms with van der Waals surface area (Å²) in [6, 6.07) is 3.06. The minimum atomic E-state index is -4.73. The highest BCUT2D eigenvalue weighted by molar-refractivity contribution is 5.82. The van der Waals surface area contributed by atoms with E-state index in [9.17, 15) is 22.4 Å². The molecule has 0 aromatic heterocycles. The molecule has 1 aromatic rings. The third kappa shape index (κ3) is 2.94. The van der Waals surface area contributed by atoms with Crippen LogP contribution in [-0.2, 0) is 17.5 Å². The molecule has 1 fully saturated rings. The standard InChI is InChI=1S/C14H15F4NO/c1-13(2)6-10(13)12(20)19-7-8-4-3-5-9(11(8)15)14(16,17)18/h3-5,10H,6-7H2,1-2H3,(H,19,20). The summed E-state index contributed by atoms with van der Waals surface area (Å²) in [7, 11) is 0. The van der Waals surface area contributed by atoms with Gasteiger partial charge in [-0.1, -0.05) is 26.0 Å². The molecule has 1 N–H and O–H groups in total. The van der Waals surface area contributed by atoms with Crippen molar-refractivity contribution in [2.45, 2.75) is 33.0 Å². The van der Waals surface area contributed by atoms with Gasteiger partial charge in [0.25, 0.3) is 0 Å². The number of benzene rings is 1. The number of rotatable bonds is 3. The molecule has 1 unspecified atom stereocenters. The van der Waals surface area contributed by atoms with Crippen LogP contribution in [-0.4, -0.2) is 5.91 Å². The summed E-state index contributed by atoms with van der Waals surface area (Å²) in [6.45, 7) is 3.63. The van der Waals surface area contributed by atoms with Gasteiger partial charge in [-0.05, 0) is 17.9 Å². The molecule has 0 radical (unpaired) electrons. The van der Waals surface area contributed by atoms with E-state index < -0.39 is 17.6 Å². The first-order valence-corrected chi connectivity index (χ1v) is 6.25. The van der Waals surface area contributed by atoms with Gasteiger partial charge in [0.05, 0.1) is 5.56 Å².